The second kappa shape index (κ2) is 7.46. The quantitative estimate of drug-likeness (QED) is 0.819. The number of piperidine rings is 1. The van der Waals surface area contributed by atoms with E-state index in [2.05, 4.69) is 44.8 Å². The van der Waals surface area contributed by atoms with Gasteiger partial charge in [0.05, 0.1) is 0 Å². The topological polar surface area (TPSA) is 15.3 Å². The Morgan fingerprint density at radius 1 is 1.10 bits per heavy atom. The third-order valence-corrected chi connectivity index (χ3v) is 6.53. The molecule has 2 aliphatic rings. The van der Waals surface area contributed by atoms with Gasteiger partial charge in [-0.1, -0.05) is 41.0 Å². The monoisotopic (exact) mass is 294 g/mol. The summed E-state index contributed by atoms with van der Waals surface area (Å²) in [6, 6.07) is 0.744. The van der Waals surface area contributed by atoms with Crippen LogP contribution in [0.2, 0.25) is 0 Å². The van der Waals surface area contributed by atoms with Crippen molar-refractivity contribution in [3.63, 3.8) is 0 Å². The highest BCUT2D eigenvalue weighted by molar-refractivity contribution is 4.91. The van der Waals surface area contributed by atoms with Crippen LogP contribution in [0.1, 0.15) is 66.7 Å². The van der Waals surface area contributed by atoms with E-state index in [0.29, 0.717) is 5.41 Å². The Labute approximate surface area is 133 Å². The average Bonchev–Trinajstić information content (AvgIpc) is 2.45. The fraction of sp³-hybridized carbons (Fsp3) is 1.00. The predicted molar refractivity (Wildman–Crippen MR) is 92.6 cm³/mol. The molecule has 2 nitrogen and oxygen atoms in total. The van der Waals surface area contributed by atoms with E-state index in [9.17, 15) is 0 Å². The van der Waals surface area contributed by atoms with E-state index in [-0.39, 0.29) is 0 Å². The Bertz CT molecular complexity index is 307. The summed E-state index contributed by atoms with van der Waals surface area (Å²) in [5.41, 5.74) is 0.615. The maximum Gasteiger partial charge on any atom is 0.0112 e. The van der Waals surface area contributed by atoms with Crippen LogP contribution in [0.5, 0.6) is 0 Å². The van der Waals surface area contributed by atoms with Gasteiger partial charge in [-0.2, -0.15) is 0 Å². The lowest BCUT2D eigenvalue weighted by Crippen LogP contribution is -2.50. The maximum atomic E-state index is 3.79. The zero-order chi connectivity index (χ0) is 15.5. The molecule has 1 saturated heterocycles. The molecule has 0 aromatic carbocycles. The second-order valence-corrected chi connectivity index (χ2v) is 8.35. The predicted octanol–water partition coefficient (Wildman–Crippen LogP) is 4.16. The van der Waals surface area contributed by atoms with Gasteiger partial charge in [-0.25, -0.2) is 0 Å². The summed E-state index contributed by atoms with van der Waals surface area (Å²) in [6.07, 6.45) is 6.94. The fourth-order valence-corrected chi connectivity index (χ4v) is 4.64. The zero-order valence-corrected chi connectivity index (χ0v) is 15.1. The first-order valence-corrected chi connectivity index (χ1v) is 9.43. The summed E-state index contributed by atoms with van der Waals surface area (Å²) in [6.45, 7) is 17.1. The molecule has 1 aliphatic heterocycles. The van der Waals surface area contributed by atoms with Crippen LogP contribution in [0, 0.1) is 23.2 Å². The minimum Gasteiger partial charge on any atom is -0.314 e. The van der Waals surface area contributed by atoms with E-state index in [0.717, 1.165) is 30.3 Å². The van der Waals surface area contributed by atoms with Crippen LogP contribution in [-0.2, 0) is 0 Å². The lowest BCUT2D eigenvalue weighted by Gasteiger charge is -2.45. The number of rotatable bonds is 5. The normalized spacial score (nSPS) is 37.6. The van der Waals surface area contributed by atoms with E-state index < -0.39 is 0 Å². The molecule has 0 amide bonds. The molecule has 1 saturated carbocycles. The molecule has 0 aromatic rings. The van der Waals surface area contributed by atoms with Gasteiger partial charge in [0.2, 0.25) is 0 Å². The number of hydrogen-bond donors (Lipinski definition) is 1. The molecule has 2 heteroatoms. The lowest BCUT2D eigenvalue weighted by molar-refractivity contribution is 0.0598. The Morgan fingerprint density at radius 3 is 2.33 bits per heavy atom. The van der Waals surface area contributed by atoms with Gasteiger partial charge in [-0.3, -0.25) is 0 Å². The van der Waals surface area contributed by atoms with Gasteiger partial charge in [0.1, 0.15) is 0 Å². The van der Waals surface area contributed by atoms with Gasteiger partial charge >= 0.3 is 0 Å². The van der Waals surface area contributed by atoms with Gasteiger partial charge < -0.3 is 10.2 Å². The SMILES string of the molecule is CCNC1CC(C)CC(C)C1CN1CCC(C)(CC)CC1. The average molecular weight is 295 g/mol. The zero-order valence-electron chi connectivity index (χ0n) is 15.1. The number of hydrogen-bond acceptors (Lipinski definition) is 2. The van der Waals surface area contributed by atoms with Crippen LogP contribution in [0.4, 0.5) is 0 Å². The Morgan fingerprint density at radius 2 is 1.76 bits per heavy atom. The summed E-state index contributed by atoms with van der Waals surface area (Å²) in [4.78, 5) is 2.76. The Balaban J connectivity index is 1.90. The molecule has 0 aromatic heterocycles. The fourth-order valence-electron chi connectivity index (χ4n) is 4.64. The number of likely N-dealkylation sites (tertiary alicyclic amines) is 1. The molecule has 1 heterocycles. The van der Waals surface area contributed by atoms with Crippen molar-refractivity contribution in [2.24, 2.45) is 23.2 Å². The smallest absolute Gasteiger partial charge is 0.0112 e. The summed E-state index contributed by atoms with van der Waals surface area (Å²) >= 11 is 0. The first-order valence-electron chi connectivity index (χ1n) is 9.43. The molecule has 124 valence electrons. The van der Waals surface area contributed by atoms with Crippen LogP contribution in [-0.4, -0.2) is 37.1 Å². The van der Waals surface area contributed by atoms with Gasteiger partial charge in [-0.15, -0.1) is 0 Å². The molecule has 4 atom stereocenters. The minimum atomic E-state index is 0.615. The molecule has 4 unspecified atom stereocenters. The van der Waals surface area contributed by atoms with Gasteiger partial charge in [0, 0.05) is 12.6 Å². The lowest BCUT2D eigenvalue weighted by atomic mass is 9.71. The van der Waals surface area contributed by atoms with Crippen LogP contribution in [0.3, 0.4) is 0 Å². The number of nitrogens with zero attached hydrogens (tertiary/aromatic N) is 1. The van der Waals surface area contributed by atoms with Crippen molar-refractivity contribution < 1.29 is 0 Å². The Kier molecular flexibility index (Phi) is 6.14. The van der Waals surface area contributed by atoms with Gasteiger partial charge in [-0.05, 0) is 68.5 Å². The van der Waals surface area contributed by atoms with Crippen molar-refractivity contribution in [2.75, 3.05) is 26.2 Å². The van der Waals surface area contributed by atoms with E-state index in [1.807, 2.05) is 0 Å². The highest BCUT2D eigenvalue weighted by atomic mass is 15.1. The van der Waals surface area contributed by atoms with E-state index in [4.69, 9.17) is 0 Å². The molecule has 0 spiro atoms. The second-order valence-electron chi connectivity index (χ2n) is 8.35. The summed E-state index contributed by atoms with van der Waals surface area (Å²) in [5.74, 6) is 2.62. The maximum absolute atomic E-state index is 3.79. The highest BCUT2D eigenvalue weighted by Gasteiger charge is 2.36. The largest absolute Gasteiger partial charge is 0.314 e. The van der Waals surface area contributed by atoms with E-state index >= 15 is 0 Å². The van der Waals surface area contributed by atoms with Crippen LogP contribution >= 0.6 is 0 Å². The van der Waals surface area contributed by atoms with Crippen LogP contribution in [0.15, 0.2) is 0 Å². The van der Waals surface area contributed by atoms with E-state index in [1.54, 1.807) is 0 Å². The molecule has 1 aliphatic carbocycles. The van der Waals surface area contributed by atoms with Crippen molar-refractivity contribution in [1.29, 1.82) is 0 Å². The summed E-state index contributed by atoms with van der Waals surface area (Å²) in [5, 5.41) is 3.79. The van der Waals surface area contributed by atoms with Crippen LogP contribution in [0.25, 0.3) is 0 Å². The van der Waals surface area contributed by atoms with Crippen molar-refractivity contribution >= 4 is 0 Å². The molecule has 21 heavy (non-hydrogen) atoms. The van der Waals surface area contributed by atoms with E-state index in [1.165, 1.54) is 51.7 Å². The molecule has 2 fully saturated rings. The summed E-state index contributed by atoms with van der Waals surface area (Å²) < 4.78 is 0. The van der Waals surface area contributed by atoms with Crippen molar-refractivity contribution in [1.82, 2.24) is 10.2 Å². The molecular weight excluding hydrogens is 256 g/mol. The highest BCUT2D eigenvalue weighted by Crippen LogP contribution is 2.37. The standard InChI is InChI=1S/C19H38N2/c1-6-19(5)8-10-21(11-9-19)14-17-16(4)12-15(3)13-18(17)20-7-2/h15-18,20H,6-14H2,1-5H3. The van der Waals surface area contributed by atoms with Gasteiger partial charge in [0.15, 0.2) is 0 Å². The molecule has 2 rings (SSSR count). The molecule has 0 radical (unpaired) electrons. The van der Waals surface area contributed by atoms with Gasteiger partial charge in [0.25, 0.3) is 0 Å². The van der Waals surface area contributed by atoms with Crippen molar-refractivity contribution in [3.8, 4) is 0 Å². The number of nitrogens with one attached hydrogen (secondary N) is 1. The summed E-state index contributed by atoms with van der Waals surface area (Å²) in [7, 11) is 0. The van der Waals surface area contributed by atoms with Crippen LogP contribution < -0.4 is 5.32 Å². The molecule has 0 bridgehead atoms. The third kappa shape index (κ3) is 4.45. The molecular formula is C19H38N2. The Hall–Kier alpha value is -0.0800. The van der Waals surface area contributed by atoms with Crippen molar-refractivity contribution in [3.05, 3.63) is 0 Å². The first-order chi connectivity index (χ1) is 9.97. The molecule has 1 N–H and O–H groups in total. The third-order valence-electron chi connectivity index (χ3n) is 6.53. The first kappa shape index (κ1) is 17.3. The minimum absolute atomic E-state index is 0.615. The van der Waals surface area contributed by atoms with Crippen molar-refractivity contribution in [2.45, 2.75) is 72.8 Å².